The van der Waals surface area contributed by atoms with Crippen molar-refractivity contribution in [2.45, 2.75) is 63.2 Å². The van der Waals surface area contributed by atoms with Crippen molar-refractivity contribution in [2.75, 3.05) is 23.8 Å². The van der Waals surface area contributed by atoms with Crippen molar-refractivity contribution >= 4 is 21.4 Å². The van der Waals surface area contributed by atoms with Crippen LogP contribution in [0.3, 0.4) is 0 Å². The second-order valence-electron chi connectivity index (χ2n) is 10.3. The molecule has 0 aliphatic carbocycles. The number of hydrogen-bond donors (Lipinski definition) is 1. The molecule has 1 aliphatic heterocycles. The molecule has 228 valence electrons. The van der Waals surface area contributed by atoms with E-state index in [1.54, 1.807) is 50.2 Å². The lowest BCUT2D eigenvalue weighted by Crippen LogP contribution is -2.34. The van der Waals surface area contributed by atoms with E-state index in [4.69, 9.17) is 10.5 Å². The number of anilines is 1. The lowest BCUT2D eigenvalue weighted by Gasteiger charge is -2.28. The van der Waals surface area contributed by atoms with Gasteiger partial charge in [-0.05, 0) is 55.3 Å². The van der Waals surface area contributed by atoms with E-state index in [0.717, 1.165) is 5.69 Å². The number of carbonyl (C=O) groups is 1. The third-order valence-corrected chi connectivity index (χ3v) is 9.10. The molecule has 13 heteroatoms. The molecule has 4 rings (SSSR count). The first kappa shape index (κ1) is 31.8. The summed E-state index contributed by atoms with van der Waals surface area (Å²) in [6, 6.07) is 14.5. The normalized spacial score (nSPS) is 17.6. The molecule has 43 heavy (non-hydrogen) atoms. The molecule has 1 fully saturated rings. The number of sulfone groups is 1. The first-order valence-corrected chi connectivity index (χ1v) is 15.4. The lowest BCUT2D eigenvalue weighted by molar-refractivity contribution is -0.131. The number of nitrogens with zero attached hydrogens (tertiary/aromatic N) is 4. The van der Waals surface area contributed by atoms with E-state index in [9.17, 15) is 27.3 Å². The number of aryl methyl sites for hydroxylation is 2. The minimum atomic E-state index is -3.44. The lowest BCUT2D eigenvalue weighted by atomic mass is 9.85. The van der Waals surface area contributed by atoms with Crippen LogP contribution in [0.15, 0.2) is 53.4 Å². The second-order valence-corrected chi connectivity index (χ2v) is 12.6. The van der Waals surface area contributed by atoms with Crippen molar-refractivity contribution in [3.05, 3.63) is 76.7 Å². The largest absolute Gasteiger partial charge is 0.472 e. The maximum atomic E-state index is 13.1. The summed E-state index contributed by atoms with van der Waals surface area (Å²) in [5.74, 6) is -0.474. The van der Waals surface area contributed by atoms with Crippen LogP contribution in [0, 0.1) is 25.2 Å². The van der Waals surface area contributed by atoms with Crippen LogP contribution in [0.4, 0.5) is 14.5 Å². The Labute approximate surface area is 249 Å². The fourth-order valence-corrected chi connectivity index (χ4v) is 6.23. The topological polar surface area (TPSA) is 148 Å². The summed E-state index contributed by atoms with van der Waals surface area (Å²) < 4.78 is 61.5. The van der Waals surface area contributed by atoms with E-state index in [1.165, 1.54) is 12.1 Å². The van der Waals surface area contributed by atoms with Gasteiger partial charge in [0, 0.05) is 41.8 Å². The first-order chi connectivity index (χ1) is 20.4. The molecule has 0 radical (unpaired) electrons. The molecular weight excluding hydrogens is 580 g/mol. The number of primary amides is 1. The Bertz CT molecular complexity index is 1590. The quantitative estimate of drug-likeness (QED) is 0.316. The zero-order valence-corrected chi connectivity index (χ0v) is 24.9. The number of rotatable bonds is 12. The van der Waals surface area contributed by atoms with Crippen molar-refractivity contribution in [3.63, 3.8) is 0 Å². The number of halogens is 2. The fraction of sp³-hybridized carbons (Fsp3) is 0.400. The molecule has 1 amide bonds. The van der Waals surface area contributed by atoms with E-state index in [2.05, 4.69) is 20.8 Å². The highest BCUT2D eigenvalue weighted by Gasteiger charge is 2.35. The van der Waals surface area contributed by atoms with Gasteiger partial charge >= 0.3 is 6.61 Å². The predicted molar refractivity (Wildman–Crippen MR) is 155 cm³/mol. The minimum absolute atomic E-state index is 0.0281. The van der Waals surface area contributed by atoms with Gasteiger partial charge in [-0.3, -0.25) is 4.79 Å². The van der Waals surface area contributed by atoms with Gasteiger partial charge in [-0.1, -0.05) is 19.1 Å². The maximum absolute atomic E-state index is 13.1. The van der Waals surface area contributed by atoms with Crippen LogP contribution < -0.4 is 15.4 Å². The third kappa shape index (κ3) is 7.63. The number of nitriles is 1. The van der Waals surface area contributed by atoms with Crippen molar-refractivity contribution < 1.29 is 31.5 Å². The second kappa shape index (κ2) is 13.4. The van der Waals surface area contributed by atoms with Crippen LogP contribution in [0.1, 0.15) is 58.7 Å². The van der Waals surface area contributed by atoms with Crippen LogP contribution in [0.25, 0.3) is 0 Å². The number of benzene rings is 2. The van der Waals surface area contributed by atoms with Gasteiger partial charge in [0.15, 0.2) is 9.84 Å². The summed E-state index contributed by atoms with van der Waals surface area (Å²) in [4.78, 5) is 23.1. The van der Waals surface area contributed by atoms with Crippen LogP contribution in [0.2, 0.25) is 0 Å². The Hall–Kier alpha value is -4.15. The van der Waals surface area contributed by atoms with E-state index in [-0.39, 0.29) is 29.2 Å². The number of aromatic nitrogens is 2. The molecule has 2 N–H and O–H groups in total. The molecule has 2 heterocycles. The number of amides is 1. The standard InChI is InChI=1S/C30H33F2N5O5S/c1-4-43(39,40)24-8-5-20(6-9-24)25(11-12-33)27-15-21(7-10-26(27)29(34)38)37-16-23(14-22(37)17-41-30(31)32)42-28-13-18(2)35-19(3)36-28/h5-10,13,15,22-23,25,30H,4,11,14,16-17H2,1-3H3,(H2,34,38)/t22-,23-,25-/m0/s1. The molecule has 1 aliphatic rings. The summed E-state index contributed by atoms with van der Waals surface area (Å²) in [5, 5.41) is 9.68. The molecule has 0 spiro atoms. The highest BCUT2D eigenvalue weighted by Crippen LogP contribution is 2.36. The molecule has 0 saturated carbocycles. The average molecular weight is 614 g/mol. The number of nitrogens with two attached hydrogens (primary N) is 1. The number of ether oxygens (including phenoxy) is 2. The zero-order valence-electron chi connectivity index (χ0n) is 24.0. The van der Waals surface area contributed by atoms with Crippen molar-refractivity contribution in [1.82, 2.24) is 9.97 Å². The Morgan fingerprint density at radius 1 is 1.16 bits per heavy atom. The van der Waals surface area contributed by atoms with Gasteiger partial charge in [0.05, 0.1) is 35.9 Å². The smallest absolute Gasteiger partial charge is 0.345 e. The molecular formula is C30H33F2N5O5S. The fourth-order valence-electron chi connectivity index (χ4n) is 5.35. The summed E-state index contributed by atoms with van der Waals surface area (Å²) >= 11 is 0. The highest BCUT2D eigenvalue weighted by atomic mass is 32.2. The summed E-state index contributed by atoms with van der Waals surface area (Å²) in [5.41, 5.74) is 8.30. The van der Waals surface area contributed by atoms with Gasteiger partial charge < -0.3 is 20.1 Å². The molecule has 0 unspecified atom stereocenters. The van der Waals surface area contributed by atoms with Gasteiger partial charge in [-0.2, -0.15) is 19.0 Å². The van der Waals surface area contributed by atoms with Gasteiger partial charge in [0.25, 0.3) is 0 Å². The van der Waals surface area contributed by atoms with Crippen LogP contribution in [0.5, 0.6) is 5.88 Å². The summed E-state index contributed by atoms with van der Waals surface area (Å²) in [6.07, 6.45) is -0.0849. The zero-order chi connectivity index (χ0) is 31.3. The highest BCUT2D eigenvalue weighted by molar-refractivity contribution is 7.91. The Balaban J connectivity index is 1.72. The minimum Gasteiger partial charge on any atom is -0.472 e. The van der Waals surface area contributed by atoms with Crippen LogP contribution in [-0.2, 0) is 14.6 Å². The molecule has 1 saturated heterocycles. The Morgan fingerprint density at radius 2 is 1.88 bits per heavy atom. The van der Waals surface area contributed by atoms with Crippen molar-refractivity contribution in [2.24, 2.45) is 5.73 Å². The van der Waals surface area contributed by atoms with Gasteiger partial charge in [0.2, 0.25) is 11.8 Å². The average Bonchev–Trinajstić information content (AvgIpc) is 3.36. The van der Waals surface area contributed by atoms with Crippen molar-refractivity contribution in [3.8, 4) is 11.9 Å². The van der Waals surface area contributed by atoms with E-state index >= 15 is 0 Å². The van der Waals surface area contributed by atoms with Crippen LogP contribution in [-0.4, -0.2) is 62.0 Å². The first-order valence-electron chi connectivity index (χ1n) is 13.7. The molecule has 3 atom stereocenters. The van der Waals surface area contributed by atoms with Crippen molar-refractivity contribution in [1.29, 1.82) is 5.26 Å². The number of carbonyl (C=O) groups excluding carboxylic acids is 1. The molecule has 3 aromatic rings. The van der Waals surface area contributed by atoms with Gasteiger partial charge in [-0.25, -0.2) is 13.4 Å². The van der Waals surface area contributed by atoms with Gasteiger partial charge in [-0.15, -0.1) is 0 Å². The Morgan fingerprint density at radius 3 is 2.49 bits per heavy atom. The predicted octanol–water partition coefficient (Wildman–Crippen LogP) is 4.30. The van der Waals surface area contributed by atoms with Crippen LogP contribution >= 0.6 is 0 Å². The summed E-state index contributed by atoms with van der Waals surface area (Å²) in [6.45, 7) is 2.19. The molecule has 0 bridgehead atoms. The SMILES string of the molecule is CCS(=O)(=O)c1ccc([C@H](CC#N)c2cc(N3C[C@@H](Oc4cc(C)nc(C)n4)C[C@H]3COC(F)F)ccc2C(N)=O)cc1. The molecule has 1 aromatic heterocycles. The summed E-state index contributed by atoms with van der Waals surface area (Å²) in [7, 11) is -3.44. The number of alkyl halides is 2. The molecule has 10 nitrogen and oxygen atoms in total. The third-order valence-electron chi connectivity index (χ3n) is 7.35. The Kier molecular flexibility index (Phi) is 9.93. The monoisotopic (exact) mass is 613 g/mol. The number of hydrogen-bond acceptors (Lipinski definition) is 9. The van der Waals surface area contributed by atoms with E-state index in [0.29, 0.717) is 41.5 Å². The van der Waals surface area contributed by atoms with E-state index < -0.39 is 40.4 Å². The molecule has 2 aromatic carbocycles. The van der Waals surface area contributed by atoms with E-state index in [1.807, 2.05) is 11.8 Å². The van der Waals surface area contributed by atoms with Gasteiger partial charge in [0.1, 0.15) is 11.9 Å². The maximum Gasteiger partial charge on any atom is 0.345 e.